The average Bonchev–Trinajstić information content (AvgIpc) is 2.65. The quantitative estimate of drug-likeness (QED) is 0.532. The summed E-state index contributed by atoms with van der Waals surface area (Å²) in [4.78, 5) is 0. The number of rotatable bonds is 12. The Morgan fingerprint density at radius 2 is 1.85 bits per heavy atom. The summed E-state index contributed by atoms with van der Waals surface area (Å²) in [6, 6.07) is 13.7. The van der Waals surface area contributed by atoms with Crippen molar-refractivity contribution in [2.45, 2.75) is 39.3 Å². The minimum absolute atomic E-state index is 0.271. The Balaban J connectivity index is 1.91. The van der Waals surface area contributed by atoms with Crippen molar-refractivity contribution in [2.75, 3.05) is 19.8 Å². The summed E-state index contributed by atoms with van der Waals surface area (Å²) in [7, 11) is 0. The molecule has 142 valence electrons. The predicted octanol–water partition coefficient (Wildman–Crippen LogP) is 4.57. The van der Waals surface area contributed by atoms with E-state index in [2.05, 4.69) is 5.32 Å². The normalized spacial score (nSPS) is 10.7. The Labute approximate surface area is 161 Å². The van der Waals surface area contributed by atoms with Crippen molar-refractivity contribution < 1.29 is 14.6 Å². The summed E-state index contributed by atoms with van der Waals surface area (Å²) in [5.41, 5.74) is 2.10. The van der Waals surface area contributed by atoms with Crippen LogP contribution in [0.5, 0.6) is 11.5 Å². The van der Waals surface area contributed by atoms with Gasteiger partial charge in [0.25, 0.3) is 0 Å². The van der Waals surface area contributed by atoms with Gasteiger partial charge in [0.1, 0.15) is 6.61 Å². The van der Waals surface area contributed by atoms with Crippen molar-refractivity contribution in [2.24, 2.45) is 0 Å². The molecule has 2 aromatic rings. The van der Waals surface area contributed by atoms with E-state index < -0.39 is 0 Å². The highest BCUT2D eigenvalue weighted by molar-refractivity contribution is 6.31. The van der Waals surface area contributed by atoms with Gasteiger partial charge >= 0.3 is 0 Å². The zero-order valence-electron chi connectivity index (χ0n) is 15.3. The molecule has 5 heteroatoms. The van der Waals surface area contributed by atoms with Gasteiger partial charge in [-0.05, 0) is 56.5 Å². The van der Waals surface area contributed by atoms with Crippen molar-refractivity contribution in [3.05, 3.63) is 58.6 Å². The summed E-state index contributed by atoms with van der Waals surface area (Å²) in [5, 5.41) is 12.9. The van der Waals surface area contributed by atoms with Gasteiger partial charge in [-0.15, -0.1) is 0 Å². The maximum absolute atomic E-state index is 8.79. The third-order valence-electron chi connectivity index (χ3n) is 3.99. The highest BCUT2D eigenvalue weighted by Crippen LogP contribution is 2.30. The van der Waals surface area contributed by atoms with Gasteiger partial charge in [0.2, 0.25) is 0 Å². The van der Waals surface area contributed by atoms with E-state index in [0.717, 1.165) is 55.0 Å². The van der Waals surface area contributed by atoms with Crippen molar-refractivity contribution in [1.82, 2.24) is 5.32 Å². The van der Waals surface area contributed by atoms with Crippen LogP contribution in [-0.2, 0) is 13.2 Å². The second-order valence-electron chi connectivity index (χ2n) is 6.06. The number of benzene rings is 2. The number of hydrogen-bond acceptors (Lipinski definition) is 4. The van der Waals surface area contributed by atoms with Crippen molar-refractivity contribution in [1.29, 1.82) is 0 Å². The molecule has 26 heavy (non-hydrogen) atoms. The largest absolute Gasteiger partial charge is 0.490 e. The molecule has 0 saturated carbocycles. The zero-order chi connectivity index (χ0) is 18.6. The molecular formula is C21H28ClNO3. The van der Waals surface area contributed by atoms with Crippen molar-refractivity contribution in [3.8, 4) is 11.5 Å². The molecule has 4 nitrogen and oxygen atoms in total. The van der Waals surface area contributed by atoms with Gasteiger partial charge in [-0.25, -0.2) is 0 Å². The summed E-state index contributed by atoms with van der Waals surface area (Å²) in [6.07, 6.45) is 2.98. The Bertz CT molecular complexity index is 663. The second kappa shape index (κ2) is 11.8. The molecule has 0 saturated heterocycles. The van der Waals surface area contributed by atoms with Crippen LogP contribution < -0.4 is 14.8 Å². The topological polar surface area (TPSA) is 50.7 Å². The third-order valence-corrected chi connectivity index (χ3v) is 4.36. The van der Waals surface area contributed by atoms with Crippen molar-refractivity contribution in [3.63, 3.8) is 0 Å². The molecule has 2 aromatic carbocycles. The summed E-state index contributed by atoms with van der Waals surface area (Å²) in [5.74, 6) is 1.47. The first-order valence-corrected chi connectivity index (χ1v) is 9.56. The molecule has 0 spiro atoms. The molecule has 0 radical (unpaired) electrons. The van der Waals surface area contributed by atoms with Gasteiger partial charge in [-0.3, -0.25) is 0 Å². The second-order valence-corrected chi connectivity index (χ2v) is 6.46. The fourth-order valence-electron chi connectivity index (χ4n) is 2.59. The summed E-state index contributed by atoms with van der Waals surface area (Å²) < 4.78 is 11.7. The fraction of sp³-hybridized carbons (Fsp3) is 0.429. The number of halogens is 1. The first kappa shape index (κ1) is 20.6. The molecule has 0 aromatic heterocycles. The van der Waals surface area contributed by atoms with E-state index in [1.807, 2.05) is 49.4 Å². The van der Waals surface area contributed by atoms with Gasteiger partial charge in [0, 0.05) is 23.7 Å². The Hall–Kier alpha value is -1.75. The molecule has 0 bridgehead atoms. The van der Waals surface area contributed by atoms with Crippen LogP contribution in [0.3, 0.4) is 0 Å². The minimum Gasteiger partial charge on any atom is -0.490 e. The van der Waals surface area contributed by atoms with E-state index in [9.17, 15) is 0 Å². The number of ether oxygens (including phenoxy) is 2. The van der Waals surface area contributed by atoms with E-state index in [1.54, 1.807) is 0 Å². The predicted molar refractivity (Wildman–Crippen MR) is 106 cm³/mol. The average molecular weight is 378 g/mol. The third kappa shape index (κ3) is 6.87. The summed E-state index contributed by atoms with van der Waals surface area (Å²) >= 11 is 6.19. The molecule has 0 heterocycles. The lowest BCUT2D eigenvalue weighted by Gasteiger charge is -2.14. The van der Waals surface area contributed by atoms with E-state index in [4.69, 9.17) is 26.2 Å². The van der Waals surface area contributed by atoms with E-state index in [0.29, 0.717) is 18.2 Å². The molecule has 0 aliphatic heterocycles. The molecule has 0 aliphatic rings. The smallest absolute Gasteiger partial charge is 0.161 e. The van der Waals surface area contributed by atoms with E-state index in [-0.39, 0.29) is 6.61 Å². The molecule has 2 rings (SSSR count). The van der Waals surface area contributed by atoms with Crippen LogP contribution in [0.2, 0.25) is 5.02 Å². The first-order valence-electron chi connectivity index (χ1n) is 9.18. The van der Waals surface area contributed by atoms with Gasteiger partial charge in [-0.2, -0.15) is 0 Å². The van der Waals surface area contributed by atoms with Crippen LogP contribution in [0.4, 0.5) is 0 Å². The first-order chi connectivity index (χ1) is 12.7. The zero-order valence-corrected chi connectivity index (χ0v) is 16.1. The summed E-state index contributed by atoms with van der Waals surface area (Å²) in [6.45, 7) is 4.94. The SMILES string of the molecule is CCOc1cc(CNCCCCCO)ccc1OCc1ccccc1Cl. The van der Waals surface area contributed by atoms with E-state index >= 15 is 0 Å². The molecule has 2 N–H and O–H groups in total. The maximum atomic E-state index is 8.79. The van der Waals surface area contributed by atoms with Crippen LogP contribution in [0.1, 0.15) is 37.3 Å². The molecule has 0 aliphatic carbocycles. The molecule has 0 unspecified atom stereocenters. The van der Waals surface area contributed by atoms with Gasteiger partial charge in [0.15, 0.2) is 11.5 Å². The van der Waals surface area contributed by atoms with E-state index in [1.165, 1.54) is 0 Å². The van der Waals surface area contributed by atoms with Crippen LogP contribution in [0.15, 0.2) is 42.5 Å². The van der Waals surface area contributed by atoms with Crippen LogP contribution in [-0.4, -0.2) is 24.9 Å². The van der Waals surface area contributed by atoms with Crippen LogP contribution >= 0.6 is 11.6 Å². The number of aliphatic hydroxyl groups excluding tert-OH is 1. The Kier molecular flexibility index (Phi) is 9.32. The lowest BCUT2D eigenvalue weighted by atomic mass is 10.2. The van der Waals surface area contributed by atoms with Crippen LogP contribution in [0.25, 0.3) is 0 Å². The fourth-order valence-corrected chi connectivity index (χ4v) is 2.78. The van der Waals surface area contributed by atoms with Gasteiger partial charge in [-0.1, -0.05) is 35.9 Å². The number of unbranched alkanes of at least 4 members (excludes halogenated alkanes) is 2. The highest BCUT2D eigenvalue weighted by Gasteiger charge is 2.08. The van der Waals surface area contributed by atoms with Crippen molar-refractivity contribution >= 4 is 11.6 Å². The highest BCUT2D eigenvalue weighted by atomic mass is 35.5. The maximum Gasteiger partial charge on any atom is 0.161 e. The number of aliphatic hydroxyl groups is 1. The van der Waals surface area contributed by atoms with Crippen LogP contribution in [0, 0.1) is 0 Å². The lowest BCUT2D eigenvalue weighted by Crippen LogP contribution is -2.15. The number of nitrogens with one attached hydrogen (secondary N) is 1. The van der Waals surface area contributed by atoms with Gasteiger partial charge < -0.3 is 19.9 Å². The standard InChI is InChI=1S/C21H28ClNO3/c1-2-25-21-14-17(15-23-12-6-3-7-13-24)10-11-20(21)26-16-18-8-4-5-9-19(18)22/h4-5,8-11,14,23-24H,2-3,6-7,12-13,15-16H2,1H3. The van der Waals surface area contributed by atoms with Gasteiger partial charge in [0.05, 0.1) is 6.61 Å². The monoisotopic (exact) mass is 377 g/mol. The molecule has 0 amide bonds. The molecule has 0 fully saturated rings. The molecular weight excluding hydrogens is 350 g/mol. The lowest BCUT2D eigenvalue weighted by molar-refractivity contribution is 0.269. The minimum atomic E-state index is 0.271. The Morgan fingerprint density at radius 1 is 1.00 bits per heavy atom. The number of hydrogen-bond donors (Lipinski definition) is 2. The Morgan fingerprint density at radius 3 is 2.62 bits per heavy atom. The molecule has 0 atom stereocenters.